The number of aryl methyl sites for hydroxylation is 2. The van der Waals surface area contributed by atoms with Crippen LogP contribution in [0.25, 0.3) is 0 Å². The summed E-state index contributed by atoms with van der Waals surface area (Å²) in [6, 6.07) is 13.5. The van der Waals surface area contributed by atoms with Crippen LogP contribution in [-0.2, 0) is 16.6 Å². The van der Waals surface area contributed by atoms with Gasteiger partial charge in [0, 0.05) is 44.0 Å². The molecule has 1 aliphatic rings. The van der Waals surface area contributed by atoms with Gasteiger partial charge in [-0.3, -0.25) is 9.69 Å². The number of sulfonamides is 1. The van der Waals surface area contributed by atoms with E-state index < -0.39 is 10.0 Å². The van der Waals surface area contributed by atoms with E-state index in [0.29, 0.717) is 38.3 Å². The summed E-state index contributed by atoms with van der Waals surface area (Å²) in [5.74, 6) is -0.129. The molecule has 1 N–H and O–H groups in total. The summed E-state index contributed by atoms with van der Waals surface area (Å²) < 4.78 is 24.8. The molecule has 1 aliphatic heterocycles. The summed E-state index contributed by atoms with van der Waals surface area (Å²) in [5.41, 5.74) is 4.67. The van der Waals surface area contributed by atoms with Crippen molar-refractivity contribution in [2.45, 2.75) is 20.4 Å². The van der Waals surface area contributed by atoms with Gasteiger partial charge in [-0.1, -0.05) is 29.8 Å². The molecule has 0 atom stereocenters. The molecule has 0 spiro atoms. The Morgan fingerprint density at radius 2 is 1.75 bits per heavy atom. The summed E-state index contributed by atoms with van der Waals surface area (Å²) in [6.07, 6.45) is 1.25. The Balaban J connectivity index is 1.63. The number of benzene rings is 2. The molecular formula is C21H27N3O3S. The van der Waals surface area contributed by atoms with E-state index in [2.05, 4.69) is 10.2 Å². The van der Waals surface area contributed by atoms with Crippen molar-refractivity contribution in [3.8, 4) is 0 Å². The number of carbonyl (C=O) groups excluding carboxylic acids is 1. The fourth-order valence-corrected chi connectivity index (χ4v) is 4.26. The highest BCUT2D eigenvalue weighted by Gasteiger charge is 2.23. The van der Waals surface area contributed by atoms with Crippen LogP contribution >= 0.6 is 0 Å². The SMILES string of the molecule is Cc1ccc(NC(=O)c2cccc(CN3CCN(S(C)(=O)=O)CC3)c2)c(C)c1. The maximum Gasteiger partial charge on any atom is 0.255 e. The minimum absolute atomic E-state index is 0.129. The van der Waals surface area contributed by atoms with E-state index in [0.717, 1.165) is 22.4 Å². The second-order valence-electron chi connectivity index (χ2n) is 7.41. The molecule has 1 fully saturated rings. The number of carbonyl (C=O) groups is 1. The molecule has 6 nitrogen and oxygen atoms in total. The molecule has 0 radical (unpaired) electrons. The number of anilines is 1. The van der Waals surface area contributed by atoms with Crippen molar-refractivity contribution >= 4 is 21.6 Å². The lowest BCUT2D eigenvalue weighted by atomic mass is 10.1. The van der Waals surface area contributed by atoms with E-state index in [4.69, 9.17) is 0 Å². The average Bonchev–Trinajstić information content (AvgIpc) is 2.64. The van der Waals surface area contributed by atoms with E-state index in [9.17, 15) is 13.2 Å². The number of piperazine rings is 1. The van der Waals surface area contributed by atoms with Crippen LogP contribution in [0.1, 0.15) is 27.0 Å². The highest BCUT2D eigenvalue weighted by molar-refractivity contribution is 7.88. The maximum atomic E-state index is 12.7. The summed E-state index contributed by atoms with van der Waals surface area (Å²) in [6.45, 7) is 7.09. The van der Waals surface area contributed by atoms with Gasteiger partial charge >= 0.3 is 0 Å². The van der Waals surface area contributed by atoms with Gasteiger partial charge in [0.05, 0.1) is 6.26 Å². The minimum Gasteiger partial charge on any atom is -0.322 e. The van der Waals surface area contributed by atoms with Crippen LogP contribution in [0.4, 0.5) is 5.69 Å². The number of hydrogen-bond donors (Lipinski definition) is 1. The normalized spacial score (nSPS) is 16.1. The van der Waals surface area contributed by atoms with Crippen molar-refractivity contribution in [1.82, 2.24) is 9.21 Å². The first-order valence-corrected chi connectivity index (χ1v) is 11.2. The maximum absolute atomic E-state index is 12.7. The van der Waals surface area contributed by atoms with Gasteiger partial charge in [0.15, 0.2) is 0 Å². The molecule has 28 heavy (non-hydrogen) atoms. The Labute approximate surface area is 167 Å². The van der Waals surface area contributed by atoms with E-state index in [1.165, 1.54) is 10.6 Å². The molecule has 2 aromatic rings. The molecule has 3 rings (SSSR count). The predicted octanol–water partition coefficient (Wildman–Crippen LogP) is 2.63. The van der Waals surface area contributed by atoms with Crippen molar-refractivity contribution < 1.29 is 13.2 Å². The van der Waals surface area contributed by atoms with Gasteiger partial charge in [-0.25, -0.2) is 8.42 Å². The molecule has 2 aromatic carbocycles. The van der Waals surface area contributed by atoms with Crippen molar-refractivity contribution in [2.75, 3.05) is 37.8 Å². The van der Waals surface area contributed by atoms with Crippen LogP contribution in [0, 0.1) is 13.8 Å². The third kappa shape index (κ3) is 5.19. The zero-order chi connectivity index (χ0) is 20.3. The molecule has 1 heterocycles. The van der Waals surface area contributed by atoms with Gasteiger partial charge < -0.3 is 5.32 Å². The number of rotatable bonds is 5. The van der Waals surface area contributed by atoms with Gasteiger partial charge in [-0.05, 0) is 43.2 Å². The molecule has 0 unspecified atom stereocenters. The molecule has 0 saturated carbocycles. The van der Waals surface area contributed by atoms with E-state index in [1.807, 2.05) is 56.3 Å². The molecular weight excluding hydrogens is 374 g/mol. The van der Waals surface area contributed by atoms with Crippen molar-refractivity contribution in [1.29, 1.82) is 0 Å². The third-order valence-corrected chi connectivity index (χ3v) is 6.33. The molecule has 1 amide bonds. The monoisotopic (exact) mass is 401 g/mol. The van der Waals surface area contributed by atoms with Crippen LogP contribution in [0.3, 0.4) is 0 Å². The lowest BCUT2D eigenvalue weighted by molar-refractivity contribution is 0.102. The van der Waals surface area contributed by atoms with Crippen LogP contribution in [0.15, 0.2) is 42.5 Å². The molecule has 0 aromatic heterocycles. The fraction of sp³-hybridized carbons (Fsp3) is 0.381. The summed E-state index contributed by atoms with van der Waals surface area (Å²) in [5, 5.41) is 2.98. The van der Waals surface area contributed by atoms with E-state index in [-0.39, 0.29) is 5.91 Å². The van der Waals surface area contributed by atoms with Gasteiger partial charge in [-0.15, -0.1) is 0 Å². The lowest BCUT2D eigenvalue weighted by Crippen LogP contribution is -2.47. The second kappa shape index (κ2) is 8.43. The Kier molecular flexibility index (Phi) is 6.17. The Hall–Kier alpha value is -2.22. The van der Waals surface area contributed by atoms with Gasteiger partial charge in [0.25, 0.3) is 5.91 Å². The van der Waals surface area contributed by atoms with Gasteiger partial charge in [0.1, 0.15) is 0 Å². The number of nitrogens with one attached hydrogen (secondary N) is 1. The Bertz CT molecular complexity index is 965. The molecule has 1 saturated heterocycles. The first kappa shape index (κ1) is 20.5. The number of nitrogens with zero attached hydrogens (tertiary/aromatic N) is 2. The van der Waals surface area contributed by atoms with E-state index >= 15 is 0 Å². The molecule has 150 valence electrons. The van der Waals surface area contributed by atoms with Crippen LogP contribution in [-0.4, -0.2) is 56.0 Å². The lowest BCUT2D eigenvalue weighted by Gasteiger charge is -2.33. The Morgan fingerprint density at radius 3 is 2.39 bits per heavy atom. The second-order valence-corrected chi connectivity index (χ2v) is 9.39. The zero-order valence-electron chi connectivity index (χ0n) is 16.6. The number of hydrogen-bond acceptors (Lipinski definition) is 4. The molecule has 0 bridgehead atoms. The average molecular weight is 402 g/mol. The van der Waals surface area contributed by atoms with E-state index in [1.54, 1.807) is 0 Å². The first-order valence-electron chi connectivity index (χ1n) is 9.37. The van der Waals surface area contributed by atoms with Crippen molar-refractivity contribution in [3.63, 3.8) is 0 Å². The topological polar surface area (TPSA) is 69.7 Å². The molecule has 0 aliphatic carbocycles. The molecule has 7 heteroatoms. The fourth-order valence-electron chi connectivity index (χ4n) is 3.44. The Morgan fingerprint density at radius 1 is 1.04 bits per heavy atom. The largest absolute Gasteiger partial charge is 0.322 e. The first-order chi connectivity index (χ1) is 13.2. The van der Waals surface area contributed by atoms with Crippen molar-refractivity contribution in [2.24, 2.45) is 0 Å². The number of amides is 1. The van der Waals surface area contributed by atoms with Crippen LogP contribution in [0.2, 0.25) is 0 Å². The van der Waals surface area contributed by atoms with Gasteiger partial charge in [-0.2, -0.15) is 4.31 Å². The summed E-state index contributed by atoms with van der Waals surface area (Å²) in [7, 11) is -3.12. The zero-order valence-corrected chi connectivity index (χ0v) is 17.4. The quantitative estimate of drug-likeness (QED) is 0.836. The summed E-state index contributed by atoms with van der Waals surface area (Å²) in [4.78, 5) is 14.9. The van der Waals surface area contributed by atoms with Gasteiger partial charge in [0.2, 0.25) is 10.0 Å². The standard InChI is InChI=1S/C21H27N3O3S/c1-16-7-8-20(17(2)13-16)22-21(25)19-6-4-5-18(14-19)15-23-9-11-24(12-10-23)28(3,26)27/h4-8,13-14H,9-12,15H2,1-3H3,(H,22,25). The third-order valence-electron chi connectivity index (χ3n) is 5.03. The highest BCUT2D eigenvalue weighted by Crippen LogP contribution is 2.18. The smallest absolute Gasteiger partial charge is 0.255 e. The van der Waals surface area contributed by atoms with Crippen molar-refractivity contribution in [3.05, 3.63) is 64.7 Å². The van der Waals surface area contributed by atoms with Crippen LogP contribution < -0.4 is 5.32 Å². The predicted molar refractivity (Wildman–Crippen MR) is 112 cm³/mol. The highest BCUT2D eigenvalue weighted by atomic mass is 32.2. The minimum atomic E-state index is -3.12. The van der Waals surface area contributed by atoms with Crippen LogP contribution in [0.5, 0.6) is 0 Å². The summed E-state index contributed by atoms with van der Waals surface area (Å²) >= 11 is 0.